The van der Waals surface area contributed by atoms with Crippen molar-refractivity contribution in [1.82, 2.24) is 10.2 Å². The Morgan fingerprint density at radius 2 is 1.73 bits per heavy atom. The summed E-state index contributed by atoms with van der Waals surface area (Å²) in [7, 11) is 2.00. The third-order valence-corrected chi connectivity index (χ3v) is 5.66. The predicted octanol–water partition coefficient (Wildman–Crippen LogP) is 4.28. The number of ether oxygens (including phenoxy) is 1. The highest BCUT2D eigenvalue weighted by Crippen LogP contribution is 2.25. The van der Waals surface area contributed by atoms with Crippen LogP contribution in [0.4, 0.5) is 0 Å². The van der Waals surface area contributed by atoms with Crippen LogP contribution < -0.4 is 10.1 Å². The average Bonchev–Trinajstić information content (AvgIpc) is 2.68. The lowest BCUT2D eigenvalue weighted by Gasteiger charge is -2.32. The molecule has 1 heterocycles. The SMILES string of the molecule is CNCCC1CCN(C(=O)c2ccc(OC3CCCCC3)cc2)CC1.Cl. The Kier molecular flexibility index (Phi) is 8.73. The van der Waals surface area contributed by atoms with Gasteiger partial charge in [0.2, 0.25) is 0 Å². The Hall–Kier alpha value is -1.26. The van der Waals surface area contributed by atoms with E-state index in [2.05, 4.69) is 5.32 Å². The highest BCUT2D eigenvalue weighted by atomic mass is 35.5. The molecule has 146 valence electrons. The molecule has 26 heavy (non-hydrogen) atoms. The number of amides is 1. The second-order valence-electron chi connectivity index (χ2n) is 7.53. The Bertz CT molecular complexity index is 535. The van der Waals surface area contributed by atoms with Crippen LogP contribution in [0.25, 0.3) is 0 Å². The van der Waals surface area contributed by atoms with Crippen molar-refractivity contribution in [3.63, 3.8) is 0 Å². The van der Waals surface area contributed by atoms with Crippen LogP contribution in [0, 0.1) is 5.92 Å². The van der Waals surface area contributed by atoms with Crippen LogP contribution in [0.2, 0.25) is 0 Å². The summed E-state index contributed by atoms with van der Waals surface area (Å²) < 4.78 is 6.06. The van der Waals surface area contributed by atoms with Gasteiger partial charge in [-0.3, -0.25) is 4.79 Å². The van der Waals surface area contributed by atoms with E-state index in [-0.39, 0.29) is 18.3 Å². The monoisotopic (exact) mass is 380 g/mol. The average molecular weight is 381 g/mol. The molecule has 1 aliphatic heterocycles. The van der Waals surface area contributed by atoms with E-state index in [9.17, 15) is 4.79 Å². The molecule has 1 saturated heterocycles. The number of carbonyl (C=O) groups excluding carboxylic acids is 1. The number of hydrogen-bond donors (Lipinski definition) is 1. The molecule has 3 rings (SSSR count). The van der Waals surface area contributed by atoms with E-state index in [0.717, 1.165) is 62.5 Å². The first-order valence-corrected chi connectivity index (χ1v) is 9.97. The summed E-state index contributed by atoms with van der Waals surface area (Å²) in [4.78, 5) is 14.7. The van der Waals surface area contributed by atoms with Gasteiger partial charge in [-0.05, 0) is 88.7 Å². The molecule has 1 N–H and O–H groups in total. The molecule has 2 aliphatic rings. The van der Waals surface area contributed by atoms with Gasteiger partial charge in [0, 0.05) is 18.7 Å². The molecule has 4 nitrogen and oxygen atoms in total. The second-order valence-corrected chi connectivity index (χ2v) is 7.53. The molecule has 1 aromatic carbocycles. The summed E-state index contributed by atoms with van der Waals surface area (Å²) >= 11 is 0. The van der Waals surface area contributed by atoms with Crippen LogP contribution in [-0.2, 0) is 0 Å². The minimum Gasteiger partial charge on any atom is -0.490 e. The van der Waals surface area contributed by atoms with Crippen LogP contribution >= 0.6 is 12.4 Å². The van der Waals surface area contributed by atoms with Crippen LogP contribution in [-0.4, -0.2) is 43.6 Å². The van der Waals surface area contributed by atoms with Gasteiger partial charge in [-0.15, -0.1) is 12.4 Å². The predicted molar refractivity (Wildman–Crippen MR) is 108 cm³/mol. The summed E-state index contributed by atoms with van der Waals surface area (Å²) in [6.07, 6.45) is 9.99. The number of halogens is 1. The lowest BCUT2D eigenvalue weighted by molar-refractivity contribution is 0.0687. The maximum atomic E-state index is 12.7. The number of piperidine rings is 1. The van der Waals surface area contributed by atoms with Gasteiger partial charge in [-0.25, -0.2) is 0 Å². The van der Waals surface area contributed by atoms with Gasteiger partial charge in [-0.2, -0.15) is 0 Å². The van der Waals surface area contributed by atoms with E-state index in [4.69, 9.17) is 4.74 Å². The first kappa shape index (κ1) is 21.0. The van der Waals surface area contributed by atoms with Gasteiger partial charge in [0.05, 0.1) is 6.10 Å². The van der Waals surface area contributed by atoms with Crippen LogP contribution in [0.5, 0.6) is 5.75 Å². The number of hydrogen-bond acceptors (Lipinski definition) is 3. The lowest BCUT2D eigenvalue weighted by Crippen LogP contribution is -2.38. The van der Waals surface area contributed by atoms with Crippen molar-refractivity contribution in [3.05, 3.63) is 29.8 Å². The van der Waals surface area contributed by atoms with Crippen molar-refractivity contribution >= 4 is 18.3 Å². The second kappa shape index (κ2) is 10.8. The van der Waals surface area contributed by atoms with E-state index in [0.29, 0.717) is 6.10 Å². The van der Waals surface area contributed by atoms with Crippen molar-refractivity contribution in [1.29, 1.82) is 0 Å². The fraction of sp³-hybridized carbons (Fsp3) is 0.667. The first-order valence-electron chi connectivity index (χ1n) is 9.97. The third-order valence-electron chi connectivity index (χ3n) is 5.66. The number of nitrogens with one attached hydrogen (secondary N) is 1. The van der Waals surface area contributed by atoms with Crippen LogP contribution in [0.1, 0.15) is 61.7 Å². The van der Waals surface area contributed by atoms with Crippen molar-refractivity contribution in [2.45, 2.75) is 57.5 Å². The molecule has 1 amide bonds. The fourth-order valence-corrected chi connectivity index (χ4v) is 4.01. The summed E-state index contributed by atoms with van der Waals surface area (Å²) in [5.74, 6) is 1.81. The summed E-state index contributed by atoms with van der Waals surface area (Å²) in [5, 5.41) is 3.22. The zero-order valence-corrected chi connectivity index (χ0v) is 16.7. The lowest BCUT2D eigenvalue weighted by atomic mass is 9.93. The molecule has 1 aliphatic carbocycles. The molecule has 5 heteroatoms. The van der Waals surface area contributed by atoms with E-state index in [1.165, 1.54) is 25.7 Å². The van der Waals surface area contributed by atoms with Crippen molar-refractivity contribution in [2.75, 3.05) is 26.7 Å². The summed E-state index contributed by atoms with van der Waals surface area (Å²) in [5.41, 5.74) is 0.782. The first-order chi connectivity index (χ1) is 12.3. The Morgan fingerprint density at radius 3 is 2.35 bits per heavy atom. The number of benzene rings is 1. The number of likely N-dealkylation sites (tertiary alicyclic amines) is 1. The van der Waals surface area contributed by atoms with E-state index in [1.54, 1.807) is 0 Å². The zero-order valence-electron chi connectivity index (χ0n) is 15.9. The Morgan fingerprint density at radius 1 is 1.08 bits per heavy atom. The van der Waals surface area contributed by atoms with Crippen LogP contribution in [0.3, 0.4) is 0 Å². The molecule has 0 radical (unpaired) electrons. The molecule has 0 bridgehead atoms. The number of rotatable bonds is 6. The molecule has 0 unspecified atom stereocenters. The summed E-state index contributed by atoms with van der Waals surface area (Å²) in [6.45, 7) is 2.84. The molecule has 1 saturated carbocycles. The van der Waals surface area contributed by atoms with Crippen molar-refractivity contribution in [2.24, 2.45) is 5.92 Å². The maximum absolute atomic E-state index is 12.7. The maximum Gasteiger partial charge on any atom is 0.253 e. The van der Waals surface area contributed by atoms with Gasteiger partial charge in [0.1, 0.15) is 5.75 Å². The largest absolute Gasteiger partial charge is 0.490 e. The highest BCUT2D eigenvalue weighted by molar-refractivity contribution is 5.94. The third kappa shape index (κ3) is 5.88. The van der Waals surface area contributed by atoms with Crippen LogP contribution in [0.15, 0.2) is 24.3 Å². The van der Waals surface area contributed by atoms with Gasteiger partial charge in [0.25, 0.3) is 5.91 Å². The van der Waals surface area contributed by atoms with Gasteiger partial charge >= 0.3 is 0 Å². The zero-order chi connectivity index (χ0) is 17.5. The van der Waals surface area contributed by atoms with Gasteiger partial charge in [-0.1, -0.05) is 6.42 Å². The molecule has 0 spiro atoms. The topological polar surface area (TPSA) is 41.6 Å². The molecule has 2 fully saturated rings. The standard InChI is InChI=1S/C21H32N2O2.ClH/c1-22-14-11-17-12-15-23(16-13-17)21(24)18-7-9-20(10-8-18)25-19-5-3-2-4-6-19;/h7-10,17,19,22H,2-6,11-16H2,1H3;1H. The minimum atomic E-state index is 0. The molecular formula is C21H33ClN2O2. The van der Waals surface area contributed by atoms with Crippen molar-refractivity contribution < 1.29 is 9.53 Å². The smallest absolute Gasteiger partial charge is 0.253 e. The molecular weight excluding hydrogens is 348 g/mol. The normalized spacial score (nSPS) is 19.0. The summed E-state index contributed by atoms with van der Waals surface area (Å²) in [6, 6.07) is 7.77. The minimum absolute atomic E-state index is 0. The highest BCUT2D eigenvalue weighted by Gasteiger charge is 2.23. The van der Waals surface area contributed by atoms with Gasteiger partial charge in [0.15, 0.2) is 0 Å². The number of carbonyl (C=O) groups is 1. The molecule has 0 atom stereocenters. The van der Waals surface area contributed by atoms with E-state index < -0.39 is 0 Å². The van der Waals surface area contributed by atoms with Crippen molar-refractivity contribution in [3.8, 4) is 5.75 Å². The van der Waals surface area contributed by atoms with E-state index >= 15 is 0 Å². The molecule has 1 aromatic rings. The Balaban J connectivity index is 0.00000243. The number of nitrogens with zero attached hydrogens (tertiary/aromatic N) is 1. The Labute approximate surface area is 164 Å². The van der Waals surface area contributed by atoms with Gasteiger partial charge < -0.3 is 15.0 Å². The molecule has 0 aromatic heterocycles. The fourth-order valence-electron chi connectivity index (χ4n) is 4.01. The van der Waals surface area contributed by atoms with E-state index in [1.807, 2.05) is 36.2 Å². The quantitative estimate of drug-likeness (QED) is 0.800.